The van der Waals surface area contributed by atoms with E-state index < -0.39 is 6.10 Å². The second-order valence-electron chi connectivity index (χ2n) is 19.0. The first-order chi connectivity index (χ1) is 35.6. The van der Waals surface area contributed by atoms with E-state index in [1.165, 1.54) is 89.9 Å². The number of unbranched alkanes of at least 4 members (excludes halogenated alkanes) is 20. The van der Waals surface area contributed by atoms with E-state index >= 15 is 0 Å². The summed E-state index contributed by atoms with van der Waals surface area (Å²) in [5, 5.41) is 9.66. The number of carbonyl (C=O) groups is 2. The molecule has 0 radical (unpaired) electrons. The number of aliphatic hydroxyl groups excluding tert-OH is 1. The van der Waals surface area contributed by atoms with Crippen LogP contribution in [0.25, 0.3) is 0 Å². The summed E-state index contributed by atoms with van der Waals surface area (Å²) in [7, 11) is 0. The quantitative estimate of drug-likeness (QED) is 0.0373. The van der Waals surface area contributed by atoms with E-state index in [4.69, 9.17) is 9.47 Å². The van der Waals surface area contributed by atoms with Gasteiger partial charge in [0.2, 0.25) is 0 Å². The molecular formula is C67H108O5. The highest BCUT2D eigenvalue weighted by molar-refractivity contribution is 5.70. The minimum atomic E-state index is -0.797. The molecule has 0 aliphatic carbocycles. The second-order valence-corrected chi connectivity index (χ2v) is 19.0. The Hall–Kier alpha value is -4.22. The first-order valence-electron chi connectivity index (χ1n) is 29.4. The Morgan fingerprint density at radius 3 is 0.903 bits per heavy atom. The summed E-state index contributed by atoms with van der Waals surface area (Å²) in [5.41, 5.74) is 0. The molecule has 5 heteroatoms. The van der Waals surface area contributed by atoms with Gasteiger partial charge >= 0.3 is 11.9 Å². The highest BCUT2D eigenvalue weighted by Gasteiger charge is 2.16. The van der Waals surface area contributed by atoms with Gasteiger partial charge < -0.3 is 14.6 Å². The molecule has 0 amide bonds. The number of esters is 2. The van der Waals surface area contributed by atoms with Crippen molar-refractivity contribution in [3.05, 3.63) is 146 Å². The molecule has 0 heterocycles. The van der Waals surface area contributed by atoms with Crippen LogP contribution in [0.3, 0.4) is 0 Å². The number of allylic oxidation sites excluding steroid dienone is 24. The van der Waals surface area contributed by atoms with Crippen LogP contribution in [0.15, 0.2) is 146 Å². The lowest BCUT2D eigenvalue weighted by atomic mass is 10.1. The van der Waals surface area contributed by atoms with E-state index in [2.05, 4.69) is 160 Å². The average molecular weight is 994 g/mol. The van der Waals surface area contributed by atoms with Gasteiger partial charge in [-0.05, 0) is 122 Å². The summed E-state index contributed by atoms with van der Waals surface area (Å²) >= 11 is 0. The van der Waals surface area contributed by atoms with Gasteiger partial charge in [-0.1, -0.05) is 256 Å². The number of hydrogen-bond donors (Lipinski definition) is 1. The minimum absolute atomic E-state index is 0.0851. The van der Waals surface area contributed by atoms with Gasteiger partial charge in [0.15, 0.2) is 6.10 Å². The molecule has 0 aromatic carbocycles. The van der Waals surface area contributed by atoms with Crippen molar-refractivity contribution >= 4 is 11.9 Å². The SMILES string of the molecule is CC/C=C\C/C=C\C/C=C\C/C=C\C/C=C\C/C=C\C/C=C\C/C=C\C/C=C\CCCCCCCC(=O)OC(CO)COC(=O)CCCCCCCCCCCC/C=C\C/C=C\C/C=C\CCCCCCC. The van der Waals surface area contributed by atoms with Crippen molar-refractivity contribution in [2.24, 2.45) is 0 Å². The first-order valence-corrected chi connectivity index (χ1v) is 29.4. The van der Waals surface area contributed by atoms with Gasteiger partial charge in [0.25, 0.3) is 0 Å². The lowest BCUT2D eigenvalue weighted by molar-refractivity contribution is -0.161. The van der Waals surface area contributed by atoms with Crippen LogP contribution in [0, 0.1) is 0 Å². The summed E-state index contributed by atoms with van der Waals surface area (Å²) < 4.78 is 10.7. The molecule has 406 valence electrons. The molecule has 0 saturated carbocycles. The van der Waals surface area contributed by atoms with Crippen molar-refractivity contribution in [2.45, 2.75) is 251 Å². The zero-order chi connectivity index (χ0) is 52.0. The molecule has 5 nitrogen and oxygen atoms in total. The molecule has 0 aromatic heterocycles. The Labute approximate surface area is 444 Å². The maximum Gasteiger partial charge on any atom is 0.306 e. The largest absolute Gasteiger partial charge is 0.462 e. The fourth-order valence-electron chi connectivity index (χ4n) is 7.73. The van der Waals surface area contributed by atoms with Crippen molar-refractivity contribution in [1.82, 2.24) is 0 Å². The van der Waals surface area contributed by atoms with Gasteiger partial charge in [0.1, 0.15) is 6.61 Å². The Morgan fingerprint density at radius 2 is 0.597 bits per heavy atom. The Kier molecular flexibility index (Phi) is 57.5. The summed E-state index contributed by atoms with van der Waals surface area (Å²) in [4.78, 5) is 24.5. The van der Waals surface area contributed by atoms with E-state index in [1.54, 1.807) is 0 Å². The molecule has 1 atom stereocenters. The van der Waals surface area contributed by atoms with E-state index in [1.807, 2.05) is 0 Å². The predicted molar refractivity (Wildman–Crippen MR) is 315 cm³/mol. The summed E-state index contributed by atoms with van der Waals surface area (Å²) in [5.74, 6) is -0.625. The molecule has 72 heavy (non-hydrogen) atoms. The van der Waals surface area contributed by atoms with Crippen LogP contribution < -0.4 is 0 Å². The van der Waals surface area contributed by atoms with Crippen molar-refractivity contribution in [3.63, 3.8) is 0 Å². The number of hydrogen-bond acceptors (Lipinski definition) is 5. The maximum atomic E-state index is 12.3. The van der Waals surface area contributed by atoms with Crippen LogP contribution in [-0.2, 0) is 19.1 Å². The van der Waals surface area contributed by atoms with Crippen molar-refractivity contribution in [1.29, 1.82) is 0 Å². The topological polar surface area (TPSA) is 72.8 Å². The van der Waals surface area contributed by atoms with Gasteiger partial charge in [-0.25, -0.2) is 0 Å². The van der Waals surface area contributed by atoms with Gasteiger partial charge in [0.05, 0.1) is 6.61 Å². The van der Waals surface area contributed by atoms with Gasteiger partial charge in [-0.3, -0.25) is 9.59 Å². The van der Waals surface area contributed by atoms with Crippen LogP contribution in [-0.4, -0.2) is 36.4 Å². The number of ether oxygens (including phenoxy) is 2. The lowest BCUT2D eigenvalue weighted by Gasteiger charge is -2.15. The van der Waals surface area contributed by atoms with E-state index in [0.717, 1.165) is 128 Å². The third-order valence-corrected chi connectivity index (χ3v) is 12.1. The van der Waals surface area contributed by atoms with Crippen LogP contribution in [0.2, 0.25) is 0 Å². The third-order valence-electron chi connectivity index (χ3n) is 12.1. The fourth-order valence-corrected chi connectivity index (χ4v) is 7.73. The van der Waals surface area contributed by atoms with Gasteiger partial charge in [0, 0.05) is 12.8 Å². The molecule has 0 bridgehead atoms. The zero-order valence-corrected chi connectivity index (χ0v) is 46.4. The second kappa shape index (κ2) is 61.1. The van der Waals surface area contributed by atoms with Gasteiger partial charge in [-0.2, -0.15) is 0 Å². The molecule has 0 rings (SSSR count). The first kappa shape index (κ1) is 67.8. The van der Waals surface area contributed by atoms with E-state index in [9.17, 15) is 14.7 Å². The highest BCUT2D eigenvalue weighted by atomic mass is 16.6. The molecule has 1 N–H and O–H groups in total. The third kappa shape index (κ3) is 58.4. The number of rotatable bonds is 52. The molecule has 0 saturated heterocycles. The van der Waals surface area contributed by atoms with Crippen LogP contribution in [0.5, 0.6) is 0 Å². The normalized spacial score (nSPS) is 13.3. The van der Waals surface area contributed by atoms with E-state index in [0.29, 0.717) is 12.8 Å². The molecule has 0 aliphatic rings. The Balaban J connectivity index is 3.63. The van der Waals surface area contributed by atoms with E-state index in [-0.39, 0.29) is 25.2 Å². The molecule has 0 fully saturated rings. The Bertz CT molecular complexity index is 1540. The summed E-state index contributed by atoms with van der Waals surface area (Å²) in [6, 6.07) is 0. The fraction of sp³-hybridized carbons (Fsp3) is 0.612. The van der Waals surface area contributed by atoms with Crippen LogP contribution in [0.1, 0.15) is 245 Å². The highest BCUT2D eigenvalue weighted by Crippen LogP contribution is 2.14. The van der Waals surface area contributed by atoms with Crippen LogP contribution >= 0.6 is 0 Å². The lowest BCUT2D eigenvalue weighted by Crippen LogP contribution is -2.28. The zero-order valence-electron chi connectivity index (χ0n) is 46.4. The van der Waals surface area contributed by atoms with Gasteiger partial charge in [-0.15, -0.1) is 0 Å². The monoisotopic (exact) mass is 993 g/mol. The van der Waals surface area contributed by atoms with Crippen LogP contribution in [0.4, 0.5) is 0 Å². The number of aliphatic hydroxyl groups is 1. The predicted octanol–water partition coefficient (Wildman–Crippen LogP) is 20.2. The standard InChI is InChI=1S/C67H108O5/c1-3-5-7-9-11-13-15-17-19-21-23-25-27-29-30-31-32-33-34-35-36-38-40-42-44-46-48-50-52-54-56-58-60-62-67(70)72-65(63-68)64-71-66(69)61-59-57-55-53-51-49-47-45-43-41-39-37-28-26-24-22-20-18-16-14-12-10-8-6-4-2/h5,7,11,13,16-19,22-25,28-30,32-33,35-37,40,42,46,48,65,68H,3-4,6,8-10,12,14-15,20-21,26-27,31,34,38-39,41,43-45,47,49-64H2,1-2H3/b7-5-,13-11-,18-16-,19-17-,24-22-,25-23-,30-29-,33-32-,36-35-,37-28-,42-40-,48-46-. The average Bonchev–Trinajstić information content (AvgIpc) is 3.38. The van der Waals surface area contributed by atoms with Crippen molar-refractivity contribution in [2.75, 3.05) is 13.2 Å². The molecule has 0 spiro atoms. The van der Waals surface area contributed by atoms with Crippen molar-refractivity contribution in [3.8, 4) is 0 Å². The summed E-state index contributed by atoms with van der Waals surface area (Å²) in [6.45, 7) is 3.99. The van der Waals surface area contributed by atoms with Crippen molar-refractivity contribution < 1.29 is 24.2 Å². The Morgan fingerprint density at radius 1 is 0.333 bits per heavy atom. The summed E-state index contributed by atoms with van der Waals surface area (Å²) in [6.07, 6.45) is 92.4. The smallest absolute Gasteiger partial charge is 0.306 e. The molecule has 0 aromatic rings. The molecule has 1 unspecified atom stereocenters. The molecular weight excluding hydrogens is 885 g/mol. The number of carbonyl (C=O) groups excluding carboxylic acids is 2. The molecule has 0 aliphatic heterocycles. The maximum absolute atomic E-state index is 12.3. The minimum Gasteiger partial charge on any atom is -0.462 e.